The summed E-state index contributed by atoms with van der Waals surface area (Å²) in [6, 6.07) is 8.63. The lowest BCUT2D eigenvalue weighted by Gasteiger charge is -2.43. The van der Waals surface area contributed by atoms with Gasteiger partial charge in [0.15, 0.2) is 0 Å². The molecule has 0 heterocycles. The van der Waals surface area contributed by atoms with E-state index >= 15 is 0 Å². The summed E-state index contributed by atoms with van der Waals surface area (Å²) in [5.74, 6) is 2.56. The molecule has 1 amide bonds. The first-order valence-corrected chi connectivity index (χ1v) is 10.2. The first kappa shape index (κ1) is 16.8. The van der Waals surface area contributed by atoms with Gasteiger partial charge in [-0.1, -0.05) is 18.6 Å². The highest BCUT2D eigenvalue weighted by Gasteiger charge is 2.40. The van der Waals surface area contributed by atoms with Crippen LogP contribution in [0.1, 0.15) is 37.7 Å². The van der Waals surface area contributed by atoms with E-state index in [1.54, 1.807) is 0 Å². The van der Waals surface area contributed by atoms with Crippen LogP contribution in [-0.2, 0) is 11.2 Å². The highest BCUT2D eigenvalue weighted by Crippen LogP contribution is 2.42. The number of carbonyl (C=O) groups is 1. The van der Waals surface area contributed by atoms with E-state index in [0.29, 0.717) is 17.9 Å². The van der Waals surface area contributed by atoms with Gasteiger partial charge in [-0.05, 0) is 73.6 Å². The van der Waals surface area contributed by atoms with Crippen LogP contribution in [0.15, 0.2) is 24.3 Å². The lowest BCUT2D eigenvalue weighted by atomic mass is 9.65. The molecule has 1 aromatic carbocycles. The number of thioether (sulfide) groups is 1. The van der Waals surface area contributed by atoms with Crippen LogP contribution >= 0.6 is 11.8 Å². The number of amides is 1. The van der Waals surface area contributed by atoms with Crippen molar-refractivity contribution < 1.29 is 4.79 Å². The molecule has 2 atom stereocenters. The average molecular weight is 333 g/mol. The summed E-state index contributed by atoms with van der Waals surface area (Å²) in [7, 11) is 0. The zero-order valence-corrected chi connectivity index (χ0v) is 14.8. The quantitative estimate of drug-likeness (QED) is 0.865. The molecule has 0 spiro atoms. The van der Waals surface area contributed by atoms with E-state index in [0.717, 1.165) is 30.7 Å². The van der Waals surface area contributed by atoms with Crippen LogP contribution in [0, 0.1) is 17.8 Å². The fourth-order valence-electron chi connectivity index (χ4n) is 4.22. The molecular formula is C19H28N2OS. The predicted octanol–water partition coefficient (Wildman–Crippen LogP) is 3.68. The van der Waals surface area contributed by atoms with Gasteiger partial charge in [0.2, 0.25) is 5.91 Å². The van der Waals surface area contributed by atoms with Crippen LogP contribution in [0.2, 0.25) is 0 Å². The number of aryl methyl sites for hydroxylation is 1. The minimum atomic E-state index is 0.140. The Morgan fingerprint density at radius 3 is 2.48 bits per heavy atom. The van der Waals surface area contributed by atoms with Crippen molar-refractivity contribution in [1.29, 1.82) is 0 Å². The number of carbonyl (C=O) groups excluding carboxylic acids is 1. The number of benzene rings is 1. The summed E-state index contributed by atoms with van der Waals surface area (Å²) >= 11 is 1.86. The zero-order chi connectivity index (χ0) is 16.2. The first-order valence-electron chi connectivity index (χ1n) is 8.81. The van der Waals surface area contributed by atoms with E-state index in [1.807, 2.05) is 23.9 Å². The molecule has 126 valence electrons. The smallest absolute Gasteiger partial charge is 0.227 e. The molecule has 2 saturated carbocycles. The van der Waals surface area contributed by atoms with Crippen LogP contribution in [0.4, 0.5) is 5.69 Å². The van der Waals surface area contributed by atoms with E-state index in [-0.39, 0.29) is 11.8 Å². The number of anilines is 1. The highest BCUT2D eigenvalue weighted by atomic mass is 32.2. The Bertz CT molecular complexity index is 517. The van der Waals surface area contributed by atoms with Crippen LogP contribution in [0.25, 0.3) is 0 Å². The number of nitrogens with one attached hydrogen (secondary N) is 1. The van der Waals surface area contributed by atoms with Crippen molar-refractivity contribution >= 4 is 23.4 Å². The summed E-state index contributed by atoms with van der Waals surface area (Å²) in [6.45, 7) is 0. The predicted molar refractivity (Wildman–Crippen MR) is 98.7 cm³/mol. The molecule has 0 radical (unpaired) electrons. The van der Waals surface area contributed by atoms with Gasteiger partial charge in [0, 0.05) is 17.6 Å². The van der Waals surface area contributed by atoms with Gasteiger partial charge in [-0.3, -0.25) is 4.79 Å². The number of hydrogen-bond donors (Lipinski definition) is 2. The maximum atomic E-state index is 12.6. The Balaban J connectivity index is 1.56. The molecule has 0 aromatic heterocycles. The van der Waals surface area contributed by atoms with Crippen molar-refractivity contribution in [2.75, 3.05) is 17.3 Å². The number of nitrogens with two attached hydrogens (primary N) is 1. The van der Waals surface area contributed by atoms with Crippen LogP contribution in [0.5, 0.6) is 0 Å². The second-order valence-corrected chi connectivity index (χ2v) is 8.11. The summed E-state index contributed by atoms with van der Waals surface area (Å²) < 4.78 is 0. The lowest BCUT2D eigenvalue weighted by molar-refractivity contribution is -0.122. The van der Waals surface area contributed by atoms with Crippen LogP contribution in [-0.4, -0.2) is 24.0 Å². The molecule has 2 bridgehead atoms. The minimum absolute atomic E-state index is 0.140. The van der Waals surface area contributed by atoms with Gasteiger partial charge in [-0.25, -0.2) is 0 Å². The Labute approximate surface area is 143 Å². The van der Waals surface area contributed by atoms with Gasteiger partial charge in [-0.15, -0.1) is 0 Å². The molecule has 3 rings (SSSR count). The van der Waals surface area contributed by atoms with Crippen molar-refractivity contribution in [3.05, 3.63) is 29.8 Å². The summed E-state index contributed by atoms with van der Waals surface area (Å²) in [6.07, 6.45) is 8.83. The molecule has 4 heteroatoms. The Morgan fingerprint density at radius 2 is 1.87 bits per heavy atom. The topological polar surface area (TPSA) is 55.1 Å². The van der Waals surface area contributed by atoms with Crippen molar-refractivity contribution in [2.24, 2.45) is 23.5 Å². The van der Waals surface area contributed by atoms with Crippen LogP contribution in [0.3, 0.4) is 0 Å². The minimum Gasteiger partial charge on any atom is -0.327 e. The third-order valence-electron chi connectivity index (χ3n) is 5.60. The van der Waals surface area contributed by atoms with Gasteiger partial charge in [0.05, 0.1) is 0 Å². The molecule has 23 heavy (non-hydrogen) atoms. The van der Waals surface area contributed by atoms with Crippen LogP contribution < -0.4 is 11.1 Å². The average Bonchev–Trinajstić information content (AvgIpc) is 2.54. The van der Waals surface area contributed by atoms with Crippen molar-refractivity contribution in [1.82, 2.24) is 0 Å². The first-order chi connectivity index (χ1) is 11.2. The lowest BCUT2D eigenvalue weighted by Crippen LogP contribution is -2.48. The van der Waals surface area contributed by atoms with Gasteiger partial charge < -0.3 is 11.1 Å². The number of rotatable bonds is 5. The summed E-state index contributed by atoms with van der Waals surface area (Å²) in [5.41, 5.74) is 8.57. The molecular weight excluding hydrogens is 304 g/mol. The molecule has 3 nitrogen and oxygen atoms in total. The second-order valence-electron chi connectivity index (χ2n) is 7.13. The highest BCUT2D eigenvalue weighted by molar-refractivity contribution is 7.98. The molecule has 3 N–H and O–H groups in total. The maximum Gasteiger partial charge on any atom is 0.227 e. The fraction of sp³-hybridized carbons (Fsp3) is 0.632. The SMILES string of the molecule is CSCCc1ccc(NC(=O)C2CC3CCCC(C2)C3N)cc1. The Kier molecular flexibility index (Phi) is 5.65. The second kappa shape index (κ2) is 7.71. The normalized spacial score (nSPS) is 30.0. The van der Waals surface area contributed by atoms with E-state index in [4.69, 9.17) is 5.73 Å². The standard InChI is InChI=1S/C19H28N2OS/c1-23-10-9-13-5-7-17(8-6-13)21-19(22)16-11-14-3-2-4-15(12-16)18(14)20/h5-8,14-16,18H,2-4,9-12,20H2,1H3,(H,21,22). The maximum absolute atomic E-state index is 12.6. The third kappa shape index (κ3) is 4.10. The monoisotopic (exact) mass is 332 g/mol. The summed E-state index contributed by atoms with van der Waals surface area (Å²) in [5, 5.41) is 3.11. The molecule has 2 unspecified atom stereocenters. The van der Waals surface area contributed by atoms with Gasteiger partial charge >= 0.3 is 0 Å². The Hall–Kier alpha value is -1.00. The van der Waals surface area contributed by atoms with E-state index < -0.39 is 0 Å². The fourth-order valence-corrected chi connectivity index (χ4v) is 4.66. The molecule has 2 aliphatic rings. The third-order valence-corrected chi connectivity index (χ3v) is 6.21. The van der Waals surface area contributed by atoms with Gasteiger partial charge in [0.25, 0.3) is 0 Å². The van der Waals surface area contributed by atoms with E-state index in [9.17, 15) is 4.79 Å². The van der Waals surface area contributed by atoms with Gasteiger partial charge in [0.1, 0.15) is 0 Å². The molecule has 0 aliphatic heterocycles. The van der Waals surface area contributed by atoms with Gasteiger partial charge in [-0.2, -0.15) is 11.8 Å². The molecule has 1 aromatic rings. The molecule has 2 aliphatic carbocycles. The number of fused-ring (bicyclic) bond motifs is 2. The number of hydrogen-bond acceptors (Lipinski definition) is 3. The largest absolute Gasteiger partial charge is 0.327 e. The zero-order valence-electron chi connectivity index (χ0n) is 14.0. The van der Waals surface area contributed by atoms with Crippen molar-refractivity contribution in [2.45, 2.75) is 44.6 Å². The Morgan fingerprint density at radius 1 is 1.22 bits per heavy atom. The molecule has 0 saturated heterocycles. The van der Waals surface area contributed by atoms with Crippen molar-refractivity contribution in [3.63, 3.8) is 0 Å². The summed E-state index contributed by atoms with van der Waals surface area (Å²) in [4.78, 5) is 12.6. The van der Waals surface area contributed by atoms with E-state index in [2.05, 4.69) is 23.7 Å². The molecule has 2 fully saturated rings. The van der Waals surface area contributed by atoms with E-state index in [1.165, 1.54) is 24.8 Å². The van der Waals surface area contributed by atoms with Crippen molar-refractivity contribution in [3.8, 4) is 0 Å².